The Morgan fingerprint density at radius 3 is 2.52 bits per heavy atom. The zero-order valence-corrected chi connectivity index (χ0v) is 12.2. The summed E-state index contributed by atoms with van der Waals surface area (Å²) in [4.78, 5) is 12.1. The molecule has 0 bridgehead atoms. The lowest BCUT2D eigenvalue weighted by molar-refractivity contribution is 0.157. The molecular formula is C17H16O4. The molecule has 1 aliphatic rings. The molecule has 0 radical (unpaired) electrons. The topological polar surface area (TPSA) is 48.7 Å². The van der Waals surface area contributed by atoms with Crippen LogP contribution in [0.1, 0.15) is 19.4 Å². The van der Waals surface area contributed by atoms with Crippen LogP contribution >= 0.6 is 0 Å². The predicted molar refractivity (Wildman–Crippen MR) is 80.7 cm³/mol. The largest absolute Gasteiger partial charge is 0.497 e. The zero-order chi connectivity index (χ0) is 15.0. The highest BCUT2D eigenvalue weighted by atomic mass is 16.5. The maximum atomic E-state index is 12.1. The highest BCUT2D eigenvalue weighted by Crippen LogP contribution is 2.32. The summed E-state index contributed by atoms with van der Waals surface area (Å²) in [5.74, 6) is 1.77. The van der Waals surface area contributed by atoms with Crippen molar-refractivity contribution in [2.75, 3.05) is 7.11 Å². The van der Waals surface area contributed by atoms with Crippen molar-refractivity contribution in [3.63, 3.8) is 0 Å². The third-order valence-electron chi connectivity index (χ3n) is 3.35. The van der Waals surface area contributed by atoms with Gasteiger partial charge in [0.05, 0.1) is 7.11 Å². The molecule has 2 aromatic rings. The minimum absolute atomic E-state index is 0.398. The molecule has 1 aromatic carbocycles. The summed E-state index contributed by atoms with van der Waals surface area (Å²) in [6.45, 7) is 3.88. The van der Waals surface area contributed by atoms with Gasteiger partial charge in [0.15, 0.2) is 0 Å². The molecule has 0 atom stereocenters. The van der Waals surface area contributed by atoms with Crippen molar-refractivity contribution in [2.45, 2.75) is 19.4 Å². The molecule has 0 aliphatic carbocycles. The van der Waals surface area contributed by atoms with Crippen LogP contribution in [0.25, 0.3) is 17.4 Å². The van der Waals surface area contributed by atoms with Gasteiger partial charge in [-0.1, -0.05) is 0 Å². The van der Waals surface area contributed by atoms with Crippen molar-refractivity contribution in [1.82, 2.24) is 0 Å². The molecule has 1 aromatic heterocycles. The highest BCUT2D eigenvalue weighted by Gasteiger charge is 2.24. The second-order valence-electron chi connectivity index (χ2n) is 5.44. The van der Waals surface area contributed by atoms with Crippen LogP contribution in [0, 0.1) is 0 Å². The summed E-state index contributed by atoms with van der Waals surface area (Å²) in [6.07, 6.45) is 3.60. The van der Waals surface area contributed by atoms with Crippen LogP contribution in [0.4, 0.5) is 0 Å². The second-order valence-corrected chi connectivity index (χ2v) is 5.44. The Kier molecular flexibility index (Phi) is 3.09. The number of methoxy groups -OCH3 is 1. The summed E-state index contributed by atoms with van der Waals surface area (Å²) in [6, 6.07) is 9.07. The number of hydrogen-bond donors (Lipinski definition) is 0. The van der Waals surface area contributed by atoms with Crippen molar-refractivity contribution in [3.05, 3.63) is 52.4 Å². The molecule has 0 amide bonds. The Morgan fingerprint density at radius 1 is 1.14 bits per heavy atom. The monoisotopic (exact) mass is 284 g/mol. The molecule has 0 unspecified atom stereocenters. The summed E-state index contributed by atoms with van der Waals surface area (Å²) in [5.41, 5.74) is 0.418. The van der Waals surface area contributed by atoms with Gasteiger partial charge in [-0.3, -0.25) is 0 Å². The molecule has 2 heterocycles. The van der Waals surface area contributed by atoms with Crippen molar-refractivity contribution >= 4 is 6.08 Å². The minimum atomic E-state index is -0.433. The van der Waals surface area contributed by atoms with E-state index in [0.29, 0.717) is 17.1 Å². The van der Waals surface area contributed by atoms with Crippen LogP contribution in [-0.4, -0.2) is 12.7 Å². The maximum Gasteiger partial charge on any atom is 0.347 e. The van der Waals surface area contributed by atoms with Gasteiger partial charge in [0.1, 0.15) is 28.4 Å². The molecule has 0 saturated heterocycles. The van der Waals surface area contributed by atoms with Crippen LogP contribution in [0.2, 0.25) is 0 Å². The van der Waals surface area contributed by atoms with Crippen molar-refractivity contribution in [3.8, 4) is 22.8 Å². The molecule has 21 heavy (non-hydrogen) atoms. The first-order valence-electron chi connectivity index (χ1n) is 6.69. The summed E-state index contributed by atoms with van der Waals surface area (Å²) >= 11 is 0. The Hall–Kier alpha value is -2.49. The first kappa shape index (κ1) is 13.5. The molecule has 0 fully saturated rings. The summed E-state index contributed by atoms with van der Waals surface area (Å²) < 4.78 is 16.3. The van der Waals surface area contributed by atoms with E-state index in [-0.39, 0.29) is 0 Å². The van der Waals surface area contributed by atoms with Gasteiger partial charge in [-0.05, 0) is 50.3 Å². The Morgan fingerprint density at radius 2 is 1.86 bits per heavy atom. The fourth-order valence-corrected chi connectivity index (χ4v) is 2.22. The van der Waals surface area contributed by atoms with Gasteiger partial charge in [-0.25, -0.2) is 4.79 Å². The Balaban J connectivity index is 2.07. The van der Waals surface area contributed by atoms with Gasteiger partial charge in [0.25, 0.3) is 0 Å². The number of hydrogen-bond acceptors (Lipinski definition) is 4. The van der Waals surface area contributed by atoms with E-state index in [9.17, 15) is 4.79 Å². The molecule has 4 nitrogen and oxygen atoms in total. The lowest BCUT2D eigenvalue weighted by Gasteiger charge is -2.27. The average Bonchev–Trinajstić information content (AvgIpc) is 2.45. The van der Waals surface area contributed by atoms with Gasteiger partial charge in [0, 0.05) is 11.6 Å². The van der Waals surface area contributed by atoms with Crippen LogP contribution in [0.3, 0.4) is 0 Å². The number of benzene rings is 1. The molecule has 4 heteroatoms. The Labute approximate surface area is 122 Å². The molecule has 0 N–H and O–H groups in total. The molecule has 108 valence electrons. The highest BCUT2D eigenvalue weighted by molar-refractivity contribution is 5.66. The molecule has 1 aliphatic heterocycles. The van der Waals surface area contributed by atoms with E-state index in [1.165, 1.54) is 0 Å². The smallest absolute Gasteiger partial charge is 0.347 e. The van der Waals surface area contributed by atoms with E-state index in [1.54, 1.807) is 19.3 Å². The molecular weight excluding hydrogens is 268 g/mol. The fraction of sp³-hybridized carbons (Fsp3) is 0.235. The van der Waals surface area contributed by atoms with Crippen LogP contribution < -0.4 is 15.1 Å². The van der Waals surface area contributed by atoms with Crippen LogP contribution in [0.5, 0.6) is 11.5 Å². The van der Waals surface area contributed by atoms with E-state index in [1.807, 2.05) is 44.2 Å². The van der Waals surface area contributed by atoms with Crippen LogP contribution in [0.15, 0.2) is 45.6 Å². The van der Waals surface area contributed by atoms with Crippen molar-refractivity contribution in [1.29, 1.82) is 0 Å². The van der Waals surface area contributed by atoms with Gasteiger partial charge in [-0.15, -0.1) is 0 Å². The van der Waals surface area contributed by atoms with Gasteiger partial charge >= 0.3 is 5.63 Å². The Bertz CT molecular complexity index is 751. The number of rotatable bonds is 2. The van der Waals surface area contributed by atoms with E-state index >= 15 is 0 Å². The van der Waals surface area contributed by atoms with Gasteiger partial charge in [0.2, 0.25) is 0 Å². The molecule has 3 rings (SSSR count). The maximum absolute atomic E-state index is 12.1. The number of ether oxygens (including phenoxy) is 2. The molecule has 0 spiro atoms. The van der Waals surface area contributed by atoms with E-state index in [4.69, 9.17) is 13.9 Å². The van der Waals surface area contributed by atoms with E-state index < -0.39 is 11.2 Å². The lowest BCUT2D eigenvalue weighted by atomic mass is 10.0. The van der Waals surface area contributed by atoms with E-state index in [2.05, 4.69) is 0 Å². The quantitative estimate of drug-likeness (QED) is 0.847. The van der Waals surface area contributed by atoms with Gasteiger partial charge < -0.3 is 13.9 Å². The molecule has 0 saturated carbocycles. The standard InChI is InChI=1S/C17H16O4/c1-17(2)9-8-13-15(21-17)10-14(20-16(13)18)11-4-6-12(19-3)7-5-11/h4-10H,1-3H3. The summed E-state index contributed by atoms with van der Waals surface area (Å²) in [7, 11) is 1.61. The fourth-order valence-electron chi connectivity index (χ4n) is 2.22. The van der Waals surface area contributed by atoms with Crippen molar-refractivity contribution in [2.24, 2.45) is 0 Å². The van der Waals surface area contributed by atoms with Crippen molar-refractivity contribution < 1.29 is 13.9 Å². The van der Waals surface area contributed by atoms with E-state index in [0.717, 1.165) is 11.3 Å². The summed E-state index contributed by atoms with van der Waals surface area (Å²) in [5, 5.41) is 0. The number of fused-ring (bicyclic) bond motifs is 1. The predicted octanol–water partition coefficient (Wildman–Crippen LogP) is 3.50. The lowest BCUT2D eigenvalue weighted by Crippen LogP contribution is -2.29. The second kappa shape index (κ2) is 4.81. The SMILES string of the molecule is COc1ccc(-c2cc3c(c(=O)o2)C=CC(C)(C)O3)cc1. The minimum Gasteiger partial charge on any atom is -0.497 e. The normalized spacial score (nSPS) is 15.2. The first-order valence-corrected chi connectivity index (χ1v) is 6.69. The first-order chi connectivity index (χ1) is 9.98. The van der Waals surface area contributed by atoms with Gasteiger partial charge in [-0.2, -0.15) is 0 Å². The third-order valence-corrected chi connectivity index (χ3v) is 3.35. The third kappa shape index (κ3) is 2.57. The van der Waals surface area contributed by atoms with Crippen LogP contribution in [-0.2, 0) is 0 Å². The zero-order valence-electron chi connectivity index (χ0n) is 12.2. The average molecular weight is 284 g/mol.